The van der Waals surface area contributed by atoms with E-state index in [1.807, 2.05) is 0 Å². The maximum Gasteiger partial charge on any atom is 0.165 e. The molecule has 1 aromatic carbocycles. The smallest absolute Gasteiger partial charge is 0.165 e. The van der Waals surface area contributed by atoms with Crippen LogP contribution in [-0.4, -0.2) is 42.5 Å². The van der Waals surface area contributed by atoms with Crippen LogP contribution in [0.25, 0.3) is 0 Å². The molecule has 5 heteroatoms. The van der Waals surface area contributed by atoms with Gasteiger partial charge in [-0.3, -0.25) is 9.69 Å². The first-order valence-corrected chi connectivity index (χ1v) is 7.58. The molecule has 0 spiro atoms. The predicted molar refractivity (Wildman–Crippen MR) is 81.9 cm³/mol. The average molecular weight is 316 g/mol. The first-order valence-electron chi connectivity index (χ1n) is 6.82. The van der Waals surface area contributed by atoms with Gasteiger partial charge in [0, 0.05) is 31.6 Å². The minimum atomic E-state index is 0.0318. The van der Waals surface area contributed by atoms with Crippen molar-refractivity contribution in [1.82, 2.24) is 4.90 Å². The van der Waals surface area contributed by atoms with Crippen molar-refractivity contribution in [2.75, 3.05) is 19.6 Å². The van der Waals surface area contributed by atoms with Crippen molar-refractivity contribution in [3.63, 3.8) is 0 Å². The van der Waals surface area contributed by atoms with Crippen molar-refractivity contribution in [1.29, 1.82) is 0 Å². The maximum atomic E-state index is 12.2. The van der Waals surface area contributed by atoms with Crippen LogP contribution in [0.2, 0.25) is 10.0 Å². The lowest BCUT2D eigenvalue weighted by Gasteiger charge is -2.35. The van der Waals surface area contributed by atoms with Crippen molar-refractivity contribution in [3.05, 3.63) is 33.8 Å². The van der Waals surface area contributed by atoms with E-state index in [1.165, 1.54) is 0 Å². The minimum absolute atomic E-state index is 0.0318. The number of morpholine rings is 1. The molecule has 2 rings (SSSR count). The number of benzene rings is 1. The van der Waals surface area contributed by atoms with Crippen LogP contribution >= 0.6 is 23.2 Å². The summed E-state index contributed by atoms with van der Waals surface area (Å²) >= 11 is 12.0. The van der Waals surface area contributed by atoms with Gasteiger partial charge in [-0.25, -0.2) is 0 Å². The summed E-state index contributed by atoms with van der Waals surface area (Å²) in [5, 5.41) is 0.772. The van der Waals surface area contributed by atoms with Crippen LogP contribution in [0.1, 0.15) is 30.6 Å². The molecule has 0 aliphatic carbocycles. The molecule has 0 unspecified atom stereocenters. The van der Waals surface area contributed by atoms with Gasteiger partial charge in [-0.1, -0.05) is 29.3 Å². The molecular weight excluding hydrogens is 297 g/mol. The van der Waals surface area contributed by atoms with Gasteiger partial charge in [0.05, 0.1) is 22.3 Å². The lowest BCUT2D eigenvalue weighted by molar-refractivity contribution is -0.0675. The highest BCUT2D eigenvalue weighted by Gasteiger charge is 2.23. The van der Waals surface area contributed by atoms with Crippen LogP contribution in [0.3, 0.4) is 0 Å². The Morgan fingerprint density at radius 1 is 1.30 bits per heavy atom. The molecule has 0 radical (unpaired) electrons. The van der Waals surface area contributed by atoms with Gasteiger partial charge in [0.2, 0.25) is 0 Å². The summed E-state index contributed by atoms with van der Waals surface area (Å²) in [5.74, 6) is 0.0318. The van der Waals surface area contributed by atoms with Crippen molar-refractivity contribution in [3.8, 4) is 0 Å². The summed E-state index contributed by atoms with van der Waals surface area (Å²) in [4.78, 5) is 14.5. The molecule has 0 N–H and O–H groups in total. The Hall–Kier alpha value is -0.610. The largest absolute Gasteiger partial charge is 0.373 e. The molecule has 0 bridgehead atoms. The Labute approximate surface area is 129 Å². The Kier molecular flexibility index (Phi) is 5.44. The molecule has 1 saturated heterocycles. The molecular formula is C15H19Cl2NO2. The van der Waals surface area contributed by atoms with Gasteiger partial charge in [-0.05, 0) is 26.0 Å². The first-order chi connectivity index (χ1) is 9.47. The van der Waals surface area contributed by atoms with Crippen LogP contribution in [0.4, 0.5) is 0 Å². The number of rotatable bonds is 4. The number of carbonyl (C=O) groups is 1. The molecule has 0 amide bonds. The number of halogens is 2. The number of nitrogens with zero attached hydrogens (tertiary/aromatic N) is 1. The van der Waals surface area contributed by atoms with Gasteiger partial charge in [0.15, 0.2) is 5.78 Å². The molecule has 0 aromatic heterocycles. The van der Waals surface area contributed by atoms with E-state index in [0.717, 1.165) is 19.6 Å². The fraction of sp³-hybridized carbons (Fsp3) is 0.533. The predicted octanol–water partition coefficient (Wildman–Crippen LogP) is 3.68. The zero-order chi connectivity index (χ0) is 14.7. The summed E-state index contributed by atoms with van der Waals surface area (Å²) < 4.78 is 5.68. The van der Waals surface area contributed by atoms with Gasteiger partial charge >= 0.3 is 0 Å². The van der Waals surface area contributed by atoms with Crippen molar-refractivity contribution in [2.45, 2.75) is 32.5 Å². The van der Waals surface area contributed by atoms with E-state index >= 15 is 0 Å². The number of ketones is 1. The van der Waals surface area contributed by atoms with Crippen LogP contribution < -0.4 is 0 Å². The lowest BCUT2D eigenvalue weighted by atomic mass is 10.1. The zero-order valence-corrected chi connectivity index (χ0v) is 13.2. The van der Waals surface area contributed by atoms with Gasteiger partial charge in [0.1, 0.15) is 0 Å². The van der Waals surface area contributed by atoms with Gasteiger partial charge in [-0.2, -0.15) is 0 Å². The van der Waals surface area contributed by atoms with Gasteiger partial charge < -0.3 is 4.74 Å². The van der Waals surface area contributed by atoms with Crippen LogP contribution in [0.15, 0.2) is 18.2 Å². The fourth-order valence-corrected chi connectivity index (χ4v) is 2.99. The molecule has 1 fully saturated rings. The van der Waals surface area contributed by atoms with Crippen LogP contribution in [0.5, 0.6) is 0 Å². The van der Waals surface area contributed by atoms with E-state index in [4.69, 9.17) is 27.9 Å². The second-order valence-corrected chi connectivity index (χ2v) is 6.08. The summed E-state index contributed by atoms with van der Waals surface area (Å²) in [6.07, 6.45) is 0.867. The molecule has 1 heterocycles. The van der Waals surface area contributed by atoms with Crippen molar-refractivity contribution >= 4 is 29.0 Å². The third-order valence-corrected chi connectivity index (χ3v) is 4.22. The van der Waals surface area contributed by atoms with Crippen molar-refractivity contribution in [2.24, 2.45) is 0 Å². The van der Waals surface area contributed by atoms with Crippen molar-refractivity contribution < 1.29 is 9.53 Å². The normalized spacial score (nSPS) is 23.8. The highest BCUT2D eigenvalue weighted by Crippen LogP contribution is 2.26. The molecule has 20 heavy (non-hydrogen) atoms. The van der Waals surface area contributed by atoms with E-state index in [-0.39, 0.29) is 18.0 Å². The quantitative estimate of drug-likeness (QED) is 0.794. The number of hydrogen-bond acceptors (Lipinski definition) is 3. The third kappa shape index (κ3) is 3.95. The summed E-state index contributed by atoms with van der Waals surface area (Å²) in [5.41, 5.74) is 0.508. The van der Waals surface area contributed by atoms with E-state index in [9.17, 15) is 4.79 Å². The standard InChI is InChI=1S/C15H19Cl2NO2/c1-10-8-18(9-11(2)20-10)7-6-14(19)12-4-3-5-13(16)15(12)17/h3-5,10-11H,6-9H2,1-2H3/t10-,11+. The first kappa shape index (κ1) is 15.8. The zero-order valence-electron chi connectivity index (χ0n) is 11.7. The minimum Gasteiger partial charge on any atom is -0.373 e. The second-order valence-electron chi connectivity index (χ2n) is 5.29. The average Bonchev–Trinajstić information content (AvgIpc) is 2.38. The Morgan fingerprint density at radius 2 is 1.95 bits per heavy atom. The molecule has 2 atom stereocenters. The topological polar surface area (TPSA) is 29.5 Å². The van der Waals surface area contributed by atoms with Crippen LogP contribution in [0, 0.1) is 0 Å². The summed E-state index contributed by atoms with van der Waals surface area (Å²) in [7, 11) is 0. The number of hydrogen-bond donors (Lipinski definition) is 0. The second kappa shape index (κ2) is 6.90. The monoisotopic (exact) mass is 315 g/mol. The Bertz CT molecular complexity index is 483. The molecule has 1 aromatic rings. The molecule has 1 aliphatic rings. The number of carbonyl (C=O) groups excluding carboxylic acids is 1. The molecule has 1 aliphatic heterocycles. The molecule has 110 valence electrons. The van der Waals surface area contributed by atoms with E-state index in [1.54, 1.807) is 18.2 Å². The van der Waals surface area contributed by atoms with E-state index in [0.29, 0.717) is 22.0 Å². The SMILES string of the molecule is C[C@@H]1CN(CCC(=O)c2cccc(Cl)c2Cl)C[C@H](C)O1. The number of Topliss-reactive ketones (excluding diaryl/α,β-unsaturated/α-hetero) is 1. The fourth-order valence-electron chi connectivity index (χ4n) is 2.58. The highest BCUT2D eigenvalue weighted by molar-refractivity contribution is 6.43. The summed E-state index contributed by atoms with van der Waals surface area (Å²) in [6.45, 7) is 6.55. The Morgan fingerprint density at radius 3 is 2.60 bits per heavy atom. The molecule has 0 saturated carbocycles. The van der Waals surface area contributed by atoms with Gasteiger partial charge in [0.25, 0.3) is 0 Å². The maximum absolute atomic E-state index is 12.2. The summed E-state index contributed by atoms with van der Waals surface area (Å²) in [6, 6.07) is 5.16. The van der Waals surface area contributed by atoms with Gasteiger partial charge in [-0.15, -0.1) is 0 Å². The van der Waals surface area contributed by atoms with E-state index < -0.39 is 0 Å². The third-order valence-electron chi connectivity index (χ3n) is 3.40. The highest BCUT2D eigenvalue weighted by atomic mass is 35.5. The van der Waals surface area contributed by atoms with Crippen LogP contribution in [-0.2, 0) is 4.74 Å². The number of ether oxygens (including phenoxy) is 1. The lowest BCUT2D eigenvalue weighted by Crippen LogP contribution is -2.46. The molecule has 3 nitrogen and oxygen atoms in total. The Balaban J connectivity index is 1.93. The van der Waals surface area contributed by atoms with E-state index in [2.05, 4.69) is 18.7 Å².